The molecule has 0 bridgehead atoms. The van der Waals surface area contributed by atoms with Crippen LogP contribution in [-0.2, 0) is 6.18 Å². The van der Waals surface area contributed by atoms with E-state index in [0.717, 1.165) is 44.6 Å². The summed E-state index contributed by atoms with van der Waals surface area (Å²) in [4.78, 5) is 14.7. The first-order chi connectivity index (χ1) is 27.8. The van der Waals surface area contributed by atoms with E-state index in [1.165, 1.54) is 12.1 Å². The molecule has 0 unspecified atom stereocenters. The quantitative estimate of drug-likeness (QED) is 0.169. The first-order valence-corrected chi connectivity index (χ1v) is 18.0. The van der Waals surface area contributed by atoms with Gasteiger partial charge in [-0.3, -0.25) is 0 Å². The summed E-state index contributed by atoms with van der Waals surface area (Å²) in [6.07, 6.45) is -4.55. The molecule has 7 aromatic carbocycles. The standard InChI is InChI=1S/C48H27F3N6/c49-48(50,51)38-15-9-14-35(25-38)39-20-19-36(47-55-45(32-10-3-1-4-11-32)54-46(56-47)33-12-5-2-6-13-33)27-43(39)57-42-17-8-7-16-40(42)41-21-18-34(26-44(41)57)37-23-30(28-52)22-31(24-37)29-53/h1-27H. The van der Waals surface area contributed by atoms with E-state index in [1.807, 2.05) is 126 Å². The Morgan fingerprint density at radius 2 is 1.00 bits per heavy atom. The SMILES string of the molecule is N#Cc1cc(C#N)cc(-c2ccc3c4ccccc4n(-c4cc(-c5nc(-c6ccccc6)nc(-c6ccccc6)n5)ccc4-c4cccc(C(F)(F)F)c4)c3c2)c1. The number of halogens is 3. The van der Waals surface area contributed by atoms with E-state index < -0.39 is 11.7 Å². The van der Waals surface area contributed by atoms with E-state index in [0.29, 0.717) is 56.5 Å². The summed E-state index contributed by atoms with van der Waals surface area (Å²) in [6.45, 7) is 0. The number of nitriles is 2. The van der Waals surface area contributed by atoms with Crippen molar-refractivity contribution in [2.24, 2.45) is 0 Å². The maximum Gasteiger partial charge on any atom is 0.416 e. The maximum absolute atomic E-state index is 14.2. The Hall–Kier alpha value is -7.88. The van der Waals surface area contributed by atoms with Crippen LogP contribution in [0.1, 0.15) is 16.7 Å². The lowest BCUT2D eigenvalue weighted by molar-refractivity contribution is -0.137. The molecule has 6 nitrogen and oxygen atoms in total. The highest BCUT2D eigenvalue weighted by Gasteiger charge is 2.31. The summed E-state index contributed by atoms with van der Waals surface area (Å²) < 4.78 is 44.5. The van der Waals surface area contributed by atoms with Crippen LogP contribution in [0.4, 0.5) is 13.2 Å². The van der Waals surface area contributed by atoms with Crippen LogP contribution in [0.25, 0.3) is 83.9 Å². The summed E-state index contributed by atoms with van der Waals surface area (Å²) in [6, 6.07) is 53.2. The van der Waals surface area contributed by atoms with Gasteiger partial charge in [-0.15, -0.1) is 0 Å². The Kier molecular flexibility index (Phi) is 8.61. The summed E-state index contributed by atoms with van der Waals surface area (Å²) in [5.41, 5.74) is 6.73. The number of nitrogens with zero attached hydrogens (tertiary/aromatic N) is 6. The van der Waals surface area contributed by atoms with Crippen molar-refractivity contribution in [3.8, 4) is 74.2 Å². The zero-order valence-corrected chi connectivity index (χ0v) is 29.9. The highest BCUT2D eigenvalue weighted by atomic mass is 19.4. The molecule has 0 fully saturated rings. The van der Waals surface area contributed by atoms with Crippen molar-refractivity contribution in [3.63, 3.8) is 0 Å². The van der Waals surface area contributed by atoms with Gasteiger partial charge in [0.2, 0.25) is 0 Å². The van der Waals surface area contributed by atoms with Crippen molar-refractivity contribution in [2.75, 3.05) is 0 Å². The Morgan fingerprint density at radius 3 is 1.63 bits per heavy atom. The Morgan fingerprint density at radius 1 is 0.439 bits per heavy atom. The molecule has 0 aliphatic heterocycles. The minimum Gasteiger partial charge on any atom is -0.309 e. The van der Waals surface area contributed by atoms with Gasteiger partial charge in [0.15, 0.2) is 17.5 Å². The van der Waals surface area contributed by atoms with Gasteiger partial charge in [-0.05, 0) is 65.2 Å². The molecule has 0 aliphatic rings. The summed E-state index contributed by atoms with van der Waals surface area (Å²) >= 11 is 0. The molecular weight excluding hydrogens is 718 g/mol. The third-order valence-electron chi connectivity index (χ3n) is 9.90. The average molecular weight is 745 g/mol. The van der Waals surface area contributed by atoms with Crippen LogP contribution in [0.3, 0.4) is 0 Å². The molecule has 0 N–H and O–H groups in total. The van der Waals surface area contributed by atoms with Gasteiger partial charge >= 0.3 is 6.18 Å². The van der Waals surface area contributed by atoms with Gasteiger partial charge in [0.1, 0.15) is 0 Å². The zero-order valence-electron chi connectivity index (χ0n) is 29.9. The zero-order chi connectivity index (χ0) is 39.1. The number of para-hydroxylation sites is 1. The van der Waals surface area contributed by atoms with Gasteiger partial charge in [0, 0.05) is 33.0 Å². The molecule has 0 saturated carbocycles. The first kappa shape index (κ1) is 34.9. The minimum absolute atomic E-state index is 0.353. The monoisotopic (exact) mass is 744 g/mol. The molecule has 0 aliphatic carbocycles. The maximum atomic E-state index is 14.2. The van der Waals surface area contributed by atoms with Gasteiger partial charge in [0.05, 0.1) is 45.5 Å². The second kappa shape index (κ2) is 14.1. The van der Waals surface area contributed by atoms with E-state index in [2.05, 4.69) is 12.1 Å². The minimum atomic E-state index is -4.55. The number of benzene rings is 7. The molecule has 0 spiro atoms. The van der Waals surface area contributed by atoms with Gasteiger partial charge in [-0.2, -0.15) is 23.7 Å². The fraction of sp³-hybridized carbons (Fsp3) is 0.0208. The van der Waals surface area contributed by atoms with E-state index in [-0.39, 0.29) is 0 Å². The van der Waals surface area contributed by atoms with Crippen LogP contribution in [0.2, 0.25) is 0 Å². The fourth-order valence-electron chi connectivity index (χ4n) is 7.23. The highest BCUT2D eigenvalue weighted by Crippen LogP contribution is 2.41. The molecular formula is C48H27F3N6. The van der Waals surface area contributed by atoms with Crippen molar-refractivity contribution in [1.82, 2.24) is 19.5 Å². The van der Waals surface area contributed by atoms with E-state index in [1.54, 1.807) is 24.3 Å². The molecule has 2 heterocycles. The number of hydrogen-bond donors (Lipinski definition) is 0. The van der Waals surface area contributed by atoms with Crippen molar-refractivity contribution in [3.05, 3.63) is 180 Å². The molecule has 0 atom stereocenters. The normalized spacial score (nSPS) is 11.4. The van der Waals surface area contributed by atoms with Gasteiger partial charge in [0.25, 0.3) is 0 Å². The molecule has 0 radical (unpaired) electrons. The van der Waals surface area contributed by atoms with Crippen molar-refractivity contribution >= 4 is 21.8 Å². The predicted octanol–water partition coefficient (Wildman–Crippen LogP) is 12.1. The molecule has 0 saturated heterocycles. The summed E-state index contributed by atoms with van der Waals surface area (Å²) in [7, 11) is 0. The summed E-state index contributed by atoms with van der Waals surface area (Å²) in [5, 5.41) is 21.3. The second-order valence-electron chi connectivity index (χ2n) is 13.5. The van der Waals surface area contributed by atoms with Gasteiger partial charge in [-0.1, -0.05) is 115 Å². The van der Waals surface area contributed by atoms with Crippen LogP contribution in [-0.4, -0.2) is 19.5 Å². The lowest BCUT2D eigenvalue weighted by Crippen LogP contribution is -2.05. The second-order valence-corrected chi connectivity index (χ2v) is 13.5. The van der Waals surface area contributed by atoms with Crippen molar-refractivity contribution in [2.45, 2.75) is 6.18 Å². The Labute approximate surface area is 325 Å². The third kappa shape index (κ3) is 6.54. The van der Waals surface area contributed by atoms with Crippen LogP contribution in [0.15, 0.2) is 164 Å². The lowest BCUT2D eigenvalue weighted by Gasteiger charge is -2.17. The van der Waals surface area contributed by atoms with Crippen molar-refractivity contribution < 1.29 is 13.2 Å². The van der Waals surface area contributed by atoms with E-state index >= 15 is 0 Å². The van der Waals surface area contributed by atoms with Crippen LogP contribution in [0, 0.1) is 22.7 Å². The molecule has 9 heteroatoms. The average Bonchev–Trinajstić information content (AvgIpc) is 3.59. The summed E-state index contributed by atoms with van der Waals surface area (Å²) in [5.74, 6) is 1.33. The molecule has 0 amide bonds. The van der Waals surface area contributed by atoms with E-state index in [9.17, 15) is 23.7 Å². The highest BCUT2D eigenvalue weighted by molar-refractivity contribution is 6.11. The first-order valence-electron chi connectivity index (χ1n) is 18.0. The topological polar surface area (TPSA) is 91.2 Å². The van der Waals surface area contributed by atoms with Crippen LogP contribution >= 0.6 is 0 Å². The number of alkyl halides is 3. The third-order valence-corrected chi connectivity index (χ3v) is 9.90. The smallest absolute Gasteiger partial charge is 0.309 e. The van der Waals surface area contributed by atoms with Gasteiger partial charge < -0.3 is 4.57 Å². The van der Waals surface area contributed by atoms with Crippen LogP contribution < -0.4 is 0 Å². The van der Waals surface area contributed by atoms with Gasteiger partial charge in [-0.25, -0.2) is 15.0 Å². The molecule has 270 valence electrons. The predicted molar refractivity (Wildman–Crippen MR) is 216 cm³/mol. The molecule has 9 rings (SSSR count). The number of aromatic nitrogens is 4. The number of fused-ring (bicyclic) bond motifs is 3. The Balaban J connectivity index is 1.34. The largest absolute Gasteiger partial charge is 0.416 e. The fourth-order valence-corrected chi connectivity index (χ4v) is 7.23. The van der Waals surface area contributed by atoms with Crippen LogP contribution in [0.5, 0.6) is 0 Å². The molecule has 57 heavy (non-hydrogen) atoms. The molecule has 9 aromatic rings. The number of hydrogen-bond acceptors (Lipinski definition) is 5. The Bertz CT molecular complexity index is 2990. The lowest BCUT2D eigenvalue weighted by atomic mass is 9.98. The molecule has 2 aromatic heterocycles. The van der Waals surface area contributed by atoms with E-state index in [4.69, 9.17) is 15.0 Å². The number of rotatable bonds is 6. The van der Waals surface area contributed by atoms with Crippen molar-refractivity contribution in [1.29, 1.82) is 10.5 Å².